The largest absolute Gasteiger partial charge is 0.371 e. The molecule has 0 amide bonds. The van der Waals surface area contributed by atoms with Crippen LogP contribution in [0.4, 0.5) is 0 Å². The van der Waals surface area contributed by atoms with Gasteiger partial charge in [0.05, 0.1) is 23.9 Å². The summed E-state index contributed by atoms with van der Waals surface area (Å²) in [5, 5.41) is 0. The smallest absolute Gasteiger partial charge is 0.0897 e. The van der Waals surface area contributed by atoms with Crippen LogP contribution >= 0.6 is 0 Å². The van der Waals surface area contributed by atoms with Crippen molar-refractivity contribution in [2.45, 2.75) is 56.5 Å². The van der Waals surface area contributed by atoms with Crippen molar-refractivity contribution in [1.82, 2.24) is 0 Å². The first-order chi connectivity index (χ1) is 6.29. The third kappa shape index (κ3) is 0.637. The number of ether oxygens (including phenoxy) is 2. The minimum absolute atomic E-state index is 0.203. The Morgan fingerprint density at radius 3 is 2.92 bits per heavy atom. The van der Waals surface area contributed by atoms with Crippen LogP contribution in [0.1, 0.15) is 32.6 Å². The van der Waals surface area contributed by atoms with Gasteiger partial charge in [0.1, 0.15) is 0 Å². The average Bonchev–Trinajstić information content (AvgIpc) is 2.50. The Balaban J connectivity index is 1.87. The lowest BCUT2D eigenvalue weighted by Gasteiger charge is -2.50. The highest BCUT2D eigenvalue weighted by atomic mass is 16.6. The summed E-state index contributed by atoms with van der Waals surface area (Å²) in [7, 11) is 0. The molecule has 0 aromatic carbocycles. The summed E-state index contributed by atoms with van der Waals surface area (Å²) in [6.45, 7) is 2.34. The predicted octanol–water partition coefficient (Wildman–Crippen LogP) is 1.73. The zero-order valence-corrected chi connectivity index (χ0v) is 8.03. The van der Waals surface area contributed by atoms with Gasteiger partial charge < -0.3 is 9.47 Å². The Kier molecular flexibility index (Phi) is 1.09. The van der Waals surface area contributed by atoms with Crippen LogP contribution < -0.4 is 0 Å². The molecule has 0 radical (unpaired) electrons. The number of hydrogen-bond donors (Lipinski definition) is 0. The predicted molar refractivity (Wildman–Crippen MR) is 47.4 cm³/mol. The molecule has 0 aromatic rings. The normalized spacial score (nSPS) is 67.6. The van der Waals surface area contributed by atoms with Crippen molar-refractivity contribution in [1.29, 1.82) is 0 Å². The van der Waals surface area contributed by atoms with Gasteiger partial charge in [0.2, 0.25) is 0 Å². The zero-order valence-electron chi connectivity index (χ0n) is 8.03. The van der Waals surface area contributed by atoms with E-state index < -0.39 is 0 Å². The van der Waals surface area contributed by atoms with E-state index in [4.69, 9.17) is 9.47 Å². The molecule has 0 aromatic heterocycles. The van der Waals surface area contributed by atoms with Gasteiger partial charge in [-0.3, -0.25) is 0 Å². The van der Waals surface area contributed by atoms with E-state index in [1.807, 2.05) is 0 Å². The second-order valence-corrected chi connectivity index (χ2v) is 5.36. The maximum Gasteiger partial charge on any atom is 0.0897 e. The molecule has 6 bridgehead atoms. The molecule has 0 N–H and O–H groups in total. The Hall–Kier alpha value is -0.0800. The first-order valence-corrected chi connectivity index (χ1v) is 5.62. The van der Waals surface area contributed by atoms with Crippen LogP contribution in [0.25, 0.3) is 0 Å². The van der Waals surface area contributed by atoms with Gasteiger partial charge in [-0.1, -0.05) is 6.42 Å². The van der Waals surface area contributed by atoms with Gasteiger partial charge in [-0.15, -0.1) is 0 Å². The molecule has 6 unspecified atom stereocenters. The quantitative estimate of drug-likeness (QED) is 0.565. The van der Waals surface area contributed by atoms with E-state index in [1.165, 1.54) is 25.7 Å². The lowest BCUT2D eigenvalue weighted by atomic mass is 9.66. The summed E-state index contributed by atoms with van der Waals surface area (Å²) in [5.74, 6) is 1.43. The molecular formula is C11H16O2. The molecule has 5 fully saturated rings. The summed E-state index contributed by atoms with van der Waals surface area (Å²) in [6, 6.07) is 0. The minimum Gasteiger partial charge on any atom is -0.371 e. The van der Waals surface area contributed by atoms with Crippen LogP contribution in [0, 0.1) is 11.8 Å². The molecule has 6 atom stereocenters. The molecule has 4 aliphatic heterocycles. The van der Waals surface area contributed by atoms with Crippen LogP contribution in [0.15, 0.2) is 0 Å². The Morgan fingerprint density at radius 1 is 1.15 bits per heavy atom. The lowest BCUT2D eigenvalue weighted by molar-refractivity contribution is -0.188. The van der Waals surface area contributed by atoms with Gasteiger partial charge in [0.15, 0.2) is 0 Å². The van der Waals surface area contributed by atoms with E-state index >= 15 is 0 Å². The highest BCUT2D eigenvalue weighted by Crippen LogP contribution is 2.61. The van der Waals surface area contributed by atoms with E-state index in [-0.39, 0.29) is 5.60 Å². The molecule has 2 nitrogen and oxygen atoms in total. The molecule has 4 saturated heterocycles. The van der Waals surface area contributed by atoms with Gasteiger partial charge in [0, 0.05) is 18.3 Å². The molecule has 13 heavy (non-hydrogen) atoms. The van der Waals surface area contributed by atoms with Crippen LogP contribution in [-0.4, -0.2) is 23.9 Å². The summed E-state index contributed by atoms with van der Waals surface area (Å²) in [6.07, 6.45) is 6.71. The van der Waals surface area contributed by atoms with Crippen LogP contribution in [0.2, 0.25) is 0 Å². The molecule has 4 heterocycles. The summed E-state index contributed by atoms with van der Waals surface area (Å²) in [4.78, 5) is 0. The van der Waals surface area contributed by atoms with Crippen molar-refractivity contribution in [2.24, 2.45) is 11.8 Å². The second-order valence-electron chi connectivity index (χ2n) is 5.36. The molecule has 1 aliphatic carbocycles. The van der Waals surface area contributed by atoms with Crippen LogP contribution in [-0.2, 0) is 9.47 Å². The number of hydrogen-bond acceptors (Lipinski definition) is 2. The highest BCUT2D eigenvalue weighted by molar-refractivity contribution is 5.15. The van der Waals surface area contributed by atoms with E-state index in [2.05, 4.69) is 6.92 Å². The maximum atomic E-state index is 6.18. The minimum atomic E-state index is 0.203. The molecule has 72 valence electrons. The van der Waals surface area contributed by atoms with Gasteiger partial charge in [-0.25, -0.2) is 0 Å². The van der Waals surface area contributed by atoms with Gasteiger partial charge >= 0.3 is 0 Å². The fourth-order valence-electron chi connectivity index (χ4n) is 4.39. The SMILES string of the molecule is CC12OC3CC4OC3C1CCCC42. The standard InChI is InChI=1S/C11H16O2/c1-11-6-3-2-4-7(11)10-9(13-11)5-8(6)12-10/h6-10H,2-5H2,1H3. The summed E-state index contributed by atoms with van der Waals surface area (Å²) in [5.41, 5.74) is 0.203. The fourth-order valence-corrected chi connectivity index (χ4v) is 4.39. The monoisotopic (exact) mass is 180 g/mol. The summed E-state index contributed by atoms with van der Waals surface area (Å²) >= 11 is 0. The molecular weight excluding hydrogens is 164 g/mol. The van der Waals surface area contributed by atoms with E-state index in [0.717, 1.165) is 5.92 Å². The van der Waals surface area contributed by atoms with Gasteiger partial charge in [0.25, 0.3) is 0 Å². The second kappa shape index (κ2) is 1.96. The summed E-state index contributed by atoms with van der Waals surface area (Å²) < 4.78 is 12.2. The van der Waals surface area contributed by atoms with Crippen molar-refractivity contribution in [3.8, 4) is 0 Å². The first kappa shape index (κ1) is 7.24. The van der Waals surface area contributed by atoms with Crippen molar-refractivity contribution in [2.75, 3.05) is 0 Å². The Labute approximate surface area is 78.6 Å². The molecule has 0 spiro atoms. The van der Waals surface area contributed by atoms with Crippen molar-refractivity contribution >= 4 is 0 Å². The molecule has 1 saturated carbocycles. The van der Waals surface area contributed by atoms with Gasteiger partial charge in [-0.05, 0) is 19.8 Å². The van der Waals surface area contributed by atoms with Crippen molar-refractivity contribution < 1.29 is 9.47 Å². The van der Waals surface area contributed by atoms with Crippen LogP contribution in [0.3, 0.4) is 0 Å². The fraction of sp³-hybridized carbons (Fsp3) is 1.00. The van der Waals surface area contributed by atoms with Crippen LogP contribution in [0.5, 0.6) is 0 Å². The van der Waals surface area contributed by atoms with Crippen molar-refractivity contribution in [3.63, 3.8) is 0 Å². The average molecular weight is 180 g/mol. The Morgan fingerprint density at radius 2 is 2.00 bits per heavy atom. The Bertz CT molecular complexity index is 257. The lowest BCUT2D eigenvalue weighted by Crippen LogP contribution is -2.55. The number of rotatable bonds is 0. The van der Waals surface area contributed by atoms with E-state index in [9.17, 15) is 0 Å². The molecule has 5 aliphatic rings. The van der Waals surface area contributed by atoms with E-state index in [0.29, 0.717) is 24.2 Å². The highest BCUT2D eigenvalue weighted by Gasteiger charge is 2.68. The topological polar surface area (TPSA) is 18.5 Å². The first-order valence-electron chi connectivity index (χ1n) is 5.62. The maximum absolute atomic E-state index is 6.18. The third-order valence-corrected chi connectivity index (χ3v) is 4.92. The zero-order chi connectivity index (χ0) is 8.63. The molecule has 5 rings (SSSR count). The van der Waals surface area contributed by atoms with E-state index in [1.54, 1.807) is 0 Å². The van der Waals surface area contributed by atoms with Gasteiger partial charge in [-0.2, -0.15) is 0 Å². The van der Waals surface area contributed by atoms with Crippen molar-refractivity contribution in [3.05, 3.63) is 0 Å². The third-order valence-electron chi connectivity index (χ3n) is 4.92. The molecule has 2 heteroatoms.